The lowest BCUT2D eigenvalue weighted by molar-refractivity contribution is 0.102. The highest BCUT2D eigenvalue weighted by molar-refractivity contribution is 7.90. The second-order valence-electron chi connectivity index (χ2n) is 4.42. The molecule has 1 heterocycles. The van der Waals surface area contributed by atoms with Crippen LogP contribution in [0, 0.1) is 0 Å². The smallest absolute Gasteiger partial charge is 0.259 e. The number of pyridine rings is 1. The largest absolute Gasteiger partial charge is 0.387 e. The van der Waals surface area contributed by atoms with Crippen LogP contribution in [0.1, 0.15) is 10.4 Å². The predicted octanol–water partition coefficient (Wildman–Crippen LogP) is 1.78. The van der Waals surface area contributed by atoms with E-state index in [1.165, 1.54) is 18.3 Å². The maximum Gasteiger partial charge on any atom is 0.259 e. The number of carbonyl (C=O) groups is 1. The highest BCUT2D eigenvalue weighted by atomic mass is 32.2. The van der Waals surface area contributed by atoms with Gasteiger partial charge < -0.3 is 10.6 Å². The fraction of sp³-hybridized carbons (Fsp3) is 0.143. The normalized spacial score (nSPS) is 11.0. The summed E-state index contributed by atoms with van der Waals surface area (Å²) in [4.78, 5) is 16.3. The van der Waals surface area contributed by atoms with Gasteiger partial charge in [-0.25, -0.2) is 8.42 Å². The zero-order chi connectivity index (χ0) is 15.5. The van der Waals surface area contributed by atoms with Gasteiger partial charge in [0, 0.05) is 37.1 Å². The van der Waals surface area contributed by atoms with E-state index >= 15 is 0 Å². The molecule has 21 heavy (non-hydrogen) atoms. The van der Waals surface area contributed by atoms with Crippen LogP contribution in [0.25, 0.3) is 0 Å². The Balaban J connectivity index is 2.20. The van der Waals surface area contributed by atoms with Crippen molar-refractivity contribution in [2.45, 2.75) is 4.90 Å². The molecule has 7 heteroatoms. The Labute approximate surface area is 123 Å². The highest BCUT2D eigenvalue weighted by Gasteiger charge is 2.12. The van der Waals surface area contributed by atoms with Crippen LogP contribution in [0.15, 0.2) is 47.6 Å². The summed E-state index contributed by atoms with van der Waals surface area (Å²) in [6.45, 7) is 0. The molecule has 0 atom stereocenters. The Hall–Kier alpha value is -2.41. The van der Waals surface area contributed by atoms with Crippen molar-refractivity contribution in [3.8, 4) is 0 Å². The minimum Gasteiger partial charge on any atom is -0.387 e. The molecule has 6 nitrogen and oxygen atoms in total. The van der Waals surface area contributed by atoms with Crippen molar-refractivity contribution in [2.24, 2.45) is 0 Å². The van der Waals surface area contributed by atoms with E-state index < -0.39 is 9.84 Å². The van der Waals surface area contributed by atoms with E-state index in [0.29, 0.717) is 16.9 Å². The maximum atomic E-state index is 12.2. The number of hydrogen-bond donors (Lipinski definition) is 2. The molecule has 1 amide bonds. The summed E-state index contributed by atoms with van der Waals surface area (Å²) in [7, 11) is -1.53. The summed E-state index contributed by atoms with van der Waals surface area (Å²) >= 11 is 0. The molecule has 0 aliphatic carbocycles. The van der Waals surface area contributed by atoms with Crippen LogP contribution in [0.3, 0.4) is 0 Å². The molecule has 0 saturated carbocycles. The van der Waals surface area contributed by atoms with E-state index in [2.05, 4.69) is 15.6 Å². The first kappa shape index (κ1) is 15.0. The molecule has 0 unspecified atom stereocenters. The lowest BCUT2D eigenvalue weighted by Gasteiger charge is -2.09. The molecule has 0 saturated heterocycles. The number of rotatable bonds is 4. The molecule has 0 aliphatic heterocycles. The van der Waals surface area contributed by atoms with Crippen LogP contribution in [-0.4, -0.2) is 32.6 Å². The molecule has 2 aromatic rings. The van der Waals surface area contributed by atoms with Gasteiger partial charge in [0.05, 0.1) is 10.5 Å². The van der Waals surface area contributed by atoms with Crippen molar-refractivity contribution in [3.05, 3.63) is 48.3 Å². The molecule has 0 spiro atoms. The molecule has 0 bridgehead atoms. The van der Waals surface area contributed by atoms with Gasteiger partial charge in [0.1, 0.15) is 0 Å². The Morgan fingerprint density at radius 1 is 1.14 bits per heavy atom. The Morgan fingerprint density at radius 3 is 2.38 bits per heavy atom. The fourth-order valence-corrected chi connectivity index (χ4v) is 2.41. The van der Waals surface area contributed by atoms with Gasteiger partial charge in [0.15, 0.2) is 9.84 Å². The summed E-state index contributed by atoms with van der Waals surface area (Å²) in [5.41, 5.74) is 1.58. The number of aromatic nitrogens is 1. The van der Waals surface area contributed by atoms with Crippen LogP contribution in [0.5, 0.6) is 0 Å². The van der Waals surface area contributed by atoms with Crippen molar-refractivity contribution in [2.75, 3.05) is 23.9 Å². The summed E-state index contributed by atoms with van der Waals surface area (Å²) in [6.07, 6.45) is 4.19. The summed E-state index contributed by atoms with van der Waals surface area (Å²) in [6, 6.07) is 7.69. The molecular weight excluding hydrogens is 290 g/mol. The van der Waals surface area contributed by atoms with Gasteiger partial charge >= 0.3 is 0 Å². The third-order valence-electron chi connectivity index (χ3n) is 2.88. The third-order valence-corrected chi connectivity index (χ3v) is 4.00. The predicted molar refractivity (Wildman–Crippen MR) is 81.3 cm³/mol. The van der Waals surface area contributed by atoms with E-state index in [1.54, 1.807) is 31.4 Å². The number of nitrogens with one attached hydrogen (secondary N) is 2. The number of anilines is 2. The van der Waals surface area contributed by atoms with Crippen molar-refractivity contribution in [1.29, 1.82) is 0 Å². The van der Waals surface area contributed by atoms with Gasteiger partial charge in [-0.15, -0.1) is 0 Å². The van der Waals surface area contributed by atoms with E-state index in [-0.39, 0.29) is 10.8 Å². The SMILES string of the molecule is CNc1ccncc1C(=O)Nc1ccc(S(C)(=O)=O)cc1. The maximum absolute atomic E-state index is 12.2. The van der Waals surface area contributed by atoms with Gasteiger partial charge in [-0.05, 0) is 30.3 Å². The number of nitrogens with zero attached hydrogens (tertiary/aromatic N) is 1. The first-order valence-electron chi connectivity index (χ1n) is 6.15. The van der Waals surface area contributed by atoms with Crippen molar-refractivity contribution >= 4 is 27.1 Å². The van der Waals surface area contributed by atoms with Crippen molar-refractivity contribution in [1.82, 2.24) is 4.98 Å². The van der Waals surface area contributed by atoms with Gasteiger partial charge in [-0.3, -0.25) is 9.78 Å². The van der Waals surface area contributed by atoms with E-state index in [4.69, 9.17) is 0 Å². The van der Waals surface area contributed by atoms with Crippen LogP contribution in [-0.2, 0) is 9.84 Å². The summed E-state index contributed by atoms with van der Waals surface area (Å²) in [5, 5.41) is 5.61. The van der Waals surface area contributed by atoms with Crippen LogP contribution in [0.4, 0.5) is 11.4 Å². The molecule has 1 aromatic heterocycles. The second kappa shape index (κ2) is 5.92. The summed E-state index contributed by atoms with van der Waals surface area (Å²) in [5.74, 6) is -0.320. The summed E-state index contributed by atoms with van der Waals surface area (Å²) < 4.78 is 22.7. The third kappa shape index (κ3) is 3.57. The van der Waals surface area contributed by atoms with Gasteiger partial charge in [0.2, 0.25) is 0 Å². The average molecular weight is 305 g/mol. The quantitative estimate of drug-likeness (QED) is 0.899. The molecule has 0 fully saturated rings. The molecular formula is C14H15N3O3S. The molecule has 1 aromatic carbocycles. The monoisotopic (exact) mass is 305 g/mol. The standard InChI is InChI=1S/C14H15N3O3S/c1-15-13-7-8-16-9-12(13)14(18)17-10-3-5-11(6-4-10)21(2,19)20/h3-9H,1-2H3,(H,15,16)(H,17,18). The first-order valence-corrected chi connectivity index (χ1v) is 8.04. The molecule has 2 rings (SSSR count). The van der Waals surface area contributed by atoms with E-state index in [0.717, 1.165) is 6.26 Å². The van der Waals surface area contributed by atoms with Crippen LogP contribution in [0.2, 0.25) is 0 Å². The van der Waals surface area contributed by atoms with Crippen LogP contribution >= 0.6 is 0 Å². The van der Waals surface area contributed by atoms with Crippen LogP contribution < -0.4 is 10.6 Å². The minimum absolute atomic E-state index is 0.206. The Kier molecular flexibility index (Phi) is 4.23. The number of hydrogen-bond acceptors (Lipinski definition) is 5. The van der Waals surface area contributed by atoms with E-state index in [9.17, 15) is 13.2 Å². The lowest BCUT2D eigenvalue weighted by atomic mass is 10.2. The van der Waals surface area contributed by atoms with Gasteiger partial charge in [0.25, 0.3) is 5.91 Å². The number of sulfone groups is 1. The zero-order valence-electron chi connectivity index (χ0n) is 11.6. The Bertz CT molecular complexity index is 755. The van der Waals surface area contributed by atoms with Gasteiger partial charge in [-0.2, -0.15) is 0 Å². The molecule has 110 valence electrons. The fourth-order valence-electron chi connectivity index (χ4n) is 1.78. The molecule has 2 N–H and O–H groups in total. The number of benzene rings is 1. The lowest BCUT2D eigenvalue weighted by Crippen LogP contribution is -2.14. The highest BCUT2D eigenvalue weighted by Crippen LogP contribution is 2.17. The Morgan fingerprint density at radius 2 is 1.81 bits per heavy atom. The van der Waals surface area contributed by atoms with E-state index in [1.807, 2.05) is 0 Å². The van der Waals surface area contributed by atoms with Crippen molar-refractivity contribution < 1.29 is 13.2 Å². The van der Waals surface area contributed by atoms with Gasteiger partial charge in [-0.1, -0.05) is 0 Å². The first-order chi connectivity index (χ1) is 9.91. The average Bonchev–Trinajstić information content (AvgIpc) is 2.46. The zero-order valence-corrected chi connectivity index (χ0v) is 12.4. The molecule has 0 radical (unpaired) electrons. The number of carbonyl (C=O) groups excluding carboxylic acids is 1. The number of amides is 1. The minimum atomic E-state index is -3.24. The van der Waals surface area contributed by atoms with Crippen molar-refractivity contribution in [3.63, 3.8) is 0 Å². The molecule has 0 aliphatic rings. The topological polar surface area (TPSA) is 88.2 Å². The second-order valence-corrected chi connectivity index (χ2v) is 6.44.